The molecule has 1 saturated heterocycles. The Balaban J connectivity index is 1.46. The van der Waals surface area contributed by atoms with Gasteiger partial charge in [0.1, 0.15) is 12.0 Å². The van der Waals surface area contributed by atoms with Crippen LogP contribution in [-0.2, 0) is 9.53 Å². The van der Waals surface area contributed by atoms with E-state index in [2.05, 4.69) is 21.0 Å². The summed E-state index contributed by atoms with van der Waals surface area (Å²) < 4.78 is 5.35. The Kier molecular flexibility index (Phi) is 5.03. The minimum atomic E-state index is 0.126. The van der Waals surface area contributed by atoms with E-state index in [4.69, 9.17) is 10.5 Å². The van der Waals surface area contributed by atoms with Gasteiger partial charge in [-0.25, -0.2) is 9.97 Å². The number of ether oxygens (including phenoxy) is 1. The van der Waals surface area contributed by atoms with Crippen LogP contribution < -0.4 is 5.73 Å². The number of nitrogens with two attached hydrogens (primary N) is 1. The van der Waals surface area contributed by atoms with Crippen LogP contribution in [-0.4, -0.2) is 52.1 Å². The molecular weight excluding hydrogens is 390 g/mol. The third-order valence-electron chi connectivity index (χ3n) is 6.12. The van der Waals surface area contributed by atoms with Gasteiger partial charge in [-0.1, -0.05) is 24.3 Å². The maximum absolute atomic E-state index is 12.7. The van der Waals surface area contributed by atoms with Crippen LogP contribution in [0.3, 0.4) is 0 Å². The van der Waals surface area contributed by atoms with E-state index >= 15 is 0 Å². The van der Waals surface area contributed by atoms with Gasteiger partial charge in [0.05, 0.1) is 18.9 Å². The molecule has 0 spiro atoms. The topological polar surface area (TPSA) is 97.1 Å². The lowest BCUT2D eigenvalue weighted by Gasteiger charge is -2.28. The van der Waals surface area contributed by atoms with Crippen molar-refractivity contribution < 1.29 is 9.53 Å². The summed E-state index contributed by atoms with van der Waals surface area (Å²) in [7, 11) is 0. The fourth-order valence-electron chi connectivity index (χ4n) is 4.25. The van der Waals surface area contributed by atoms with E-state index < -0.39 is 0 Å². The van der Waals surface area contributed by atoms with E-state index in [0.717, 1.165) is 63.2 Å². The van der Waals surface area contributed by atoms with E-state index in [9.17, 15) is 4.79 Å². The smallest absolute Gasteiger partial charge is 0.249 e. The average Bonchev–Trinajstić information content (AvgIpc) is 3.26. The second-order valence-electron chi connectivity index (χ2n) is 7.98. The summed E-state index contributed by atoms with van der Waals surface area (Å²) in [5, 5.41) is 0.964. The molecule has 7 nitrogen and oxygen atoms in total. The van der Waals surface area contributed by atoms with Gasteiger partial charge in [-0.05, 0) is 43.0 Å². The highest BCUT2D eigenvalue weighted by Crippen LogP contribution is 2.34. The van der Waals surface area contributed by atoms with Gasteiger partial charge in [-0.3, -0.25) is 4.79 Å². The zero-order valence-corrected chi connectivity index (χ0v) is 17.5. The number of hydrogen-bond acceptors (Lipinski definition) is 5. The first-order valence-electron chi connectivity index (χ1n) is 10.6. The summed E-state index contributed by atoms with van der Waals surface area (Å²) in [5.41, 5.74) is 13.6. The molecule has 158 valence electrons. The number of anilines is 1. The standard InChI is InChI=1S/C24H25N5O2/c1-15-18(3-2-4-20(15)25)22-19-13-21(28-23(19)27-14-26-22)16-5-7-17(8-6-16)24(30)29-9-11-31-12-10-29/h2-5,7,13-14H,6,8-12,25H2,1H3,(H,26,27,28). The molecule has 7 heteroatoms. The number of H-pyrrole nitrogens is 1. The molecule has 1 aliphatic carbocycles. The number of aromatic amines is 1. The molecule has 2 aromatic heterocycles. The van der Waals surface area contributed by atoms with Crippen LogP contribution in [0, 0.1) is 6.92 Å². The van der Waals surface area contributed by atoms with Gasteiger partial charge < -0.3 is 20.4 Å². The molecule has 5 rings (SSSR count). The lowest BCUT2D eigenvalue weighted by Crippen LogP contribution is -2.41. The maximum atomic E-state index is 12.7. The Labute approximate surface area is 180 Å². The van der Waals surface area contributed by atoms with Crippen LogP contribution in [0.25, 0.3) is 27.9 Å². The summed E-state index contributed by atoms with van der Waals surface area (Å²) in [6.07, 6.45) is 7.10. The number of amides is 1. The van der Waals surface area contributed by atoms with Crippen molar-refractivity contribution in [2.75, 3.05) is 32.0 Å². The van der Waals surface area contributed by atoms with Gasteiger partial charge in [-0.15, -0.1) is 0 Å². The molecule has 0 atom stereocenters. The summed E-state index contributed by atoms with van der Waals surface area (Å²) in [6.45, 7) is 4.57. The fourth-order valence-corrected chi connectivity index (χ4v) is 4.25. The highest BCUT2D eigenvalue weighted by molar-refractivity contribution is 5.97. The second-order valence-corrected chi connectivity index (χ2v) is 7.98. The lowest BCUT2D eigenvalue weighted by molar-refractivity contribution is -0.131. The molecule has 0 radical (unpaired) electrons. The number of morpholine rings is 1. The first kappa shape index (κ1) is 19.5. The molecular formula is C24H25N5O2. The highest BCUT2D eigenvalue weighted by Gasteiger charge is 2.23. The van der Waals surface area contributed by atoms with Crippen LogP contribution in [0.4, 0.5) is 5.69 Å². The molecule has 0 saturated carbocycles. The van der Waals surface area contributed by atoms with Gasteiger partial charge in [0.2, 0.25) is 5.91 Å². The minimum absolute atomic E-state index is 0.126. The first-order valence-corrected chi connectivity index (χ1v) is 10.6. The number of fused-ring (bicyclic) bond motifs is 1. The molecule has 3 N–H and O–H groups in total. The minimum Gasteiger partial charge on any atom is -0.398 e. The van der Waals surface area contributed by atoms with Gasteiger partial charge in [0.25, 0.3) is 0 Å². The molecule has 31 heavy (non-hydrogen) atoms. The van der Waals surface area contributed by atoms with Crippen LogP contribution in [0.2, 0.25) is 0 Å². The van der Waals surface area contributed by atoms with Crippen molar-refractivity contribution in [1.29, 1.82) is 0 Å². The normalized spacial score (nSPS) is 16.9. The molecule has 0 unspecified atom stereocenters. The zero-order valence-electron chi connectivity index (χ0n) is 17.5. The van der Waals surface area contributed by atoms with Crippen molar-refractivity contribution in [3.05, 3.63) is 59.6 Å². The number of rotatable bonds is 3. The maximum Gasteiger partial charge on any atom is 0.249 e. The lowest BCUT2D eigenvalue weighted by atomic mass is 9.95. The first-order chi connectivity index (χ1) is 15.1. The molecule has 3 aromatic rings. The van der Waals surface area contributed by atoms with Gasteiger partial charge in [0, 0.05) is 41.0 Å². The van der Waals surface area contributed by atoms with E-state index in [0.29, 0.717) is 26.3 Å². The number of aromatic nitrogens is 3. The van der Waals surface area contributed by atoms with E-state index in [1.807, 2.05) is 42.2 Å². The highest BCUT2D eigenvalue weighted by atomic mass is 16.5. The van der Waals surface area contributed by atoms with E-state index in [-0.39, 0.29) is 5.91 Å². The van der Waals surface area contributed by atoms with Crippen LogP contribution in [0.5, 0.6) is 0 Å². The average molecular weight is 415 g/mol. The predicted molar refractivity (Wildman–Crippen MR) is 121 cm³/mol. The molecule has 2 aliphatic rings. The van der Waals surface area contributed by atoms with Crippen LogP contribution in [0.1, 0.15) is 24.1 Å². The molecule has 1 aromatic carbocycles. The number of nitrogens with one attached hydrogen (secondary N) is 1. The molecule has 1 aliphatic heterocycles. The summed E-state index contributed by atoms with van der Waals surface area (Å²) in [4.78, 5) is 27.0. The molecule has 3 heterocycles. The number of nitrogen functional groups attached to an aromatic ring is 1. The summed E-state index contributed by atoms with van der Waals surface area (Å²) in [5.74, 6) is 0.126. The van der Waals surface area contributed by atoms with Crippen molar-refractivity contribution in [3.63, 3.8) is 0 Å². The molecule has 1 fully saturated rings. The SMILES string of the molecule is Cc1c(N)cccc1-c1ncnc2[nH]c(C3=CC=C(C(=O)N4CCOCC4)CC3)cc12. The van der Waals surface area contributed by atoms with E-state index in [1.165, 1.54) is 0 Å². The largest absolute Gasteiger partial charge is 0.398 e. The Bertz CT molecular complexity index is 1220. The van der Waals surface area contributed by atoms with E-state index in [1.54, 1.807) is 6.33 Å². The molecule has 1 amide bonds. The van der Waals surface area contributed by atoms with Crippen LogP contribution in [0.15, 0.2) is 48.3 Å². The van der Waals surface area contributed by atoms with Gasteiger partial charge in [-0.2, -0.15) is 0 Å². The van der Waals surface area contributed by atoms with Crippen molar-refractivity contribution in [1.82, 2.24) is 19.9 Å². The number of benzene rings is 1. The monoisotopic (exact) mass is 415 g/mol. The Morgan fingerprint density at radius 2 is 2.00 bits per heavy atom. The fraction of sp³-hybridized carbons (Fsp3) is 0.292. The third kappa shape index (κ3) is 3.61. The molecule has 0 bridgehead atoms. The zero-order chi connectivity index (χ0) is 21.4. The van der Waals surface area contributed by atoms with Crippen molar-refractivity contribution in [2.24, 2.45) is 0 Å². The van der Waals surface area contributed by atoms with Crippen molar-refractivity contribution in [2.45, 2.75) is 19.8 Å². The number of carbonyl (C=O) groups excluding carboxylic acids is 1. The summed E-state index contributed by atoms with van der Waals surface area (Å²) in [6, 6.07) is 7.98. The van der Waals surface area contributed by atoms with Crippen LogP contribution >= 0.6 is 0 Å². The summed E-state index contributed by atoms with van der Waals surface area (Å²) >= 11 is 0. The third-order valence-corrected chi connectivity index (χ3v) is 6.12. The number of allylic oxidation sites excluding steroid dienone is 3. The Hall–Kier alpha value is -3.45. The Morgan fingerprint density at radius 1 is 1.16 bits per heavy atom. The number of hydrogen-bond donors (Lipinski definition) is 2. The van der Waals surface area contributed by atoms with Gasteiger partial charge in [0.15, 0.2) is 0 Å². The van der Waals surface area contributed by atoms with Gasteiger partial charge >= 0.3 is 0 Å². The quantitative estimate of drug-likeness (QED) is 0.639. The second kappa shape index (κ2) is 8.00. The number of nitrogens with zero attached hydrogens (tertiary/aromatic N) is 3. The number of carbonyl (C=O) groups is 1. The predicted octanol–water partition coefficient (Wildman–Crippen LogP) is 3.48. The van der Waals surface area contributed by atoms with Crippen molar-refractivity contribution in [3.8, 4) is 11.3 Å². The van der Waals surface area contributed by atoms with Crippen molar-refractivity contribution >= 4 is 28.2 Å². The Morgan fingerprint density at radius 3 is 2.77 bits per heavy atom.